The lowest BCUT2D eigenvalue weighted by molar-refractivity contribution is -0.117. The molecule has 2 aromatic rings. The molecule has 0 aliphatic carbocycles. The van der Waals surface area contributed by atoms with Gasteiger partial charge in [0, 0.05) is 30.4 Å². The molecule has 0 spiro atoms. The van der Waals surface area contributed by atoms with Crippen LogP contribution in [-0.4, -0.2) is 50.8 Å². The van der Waals surface area contributed by atoms with Gasteiger partial charge in [-0.25, -0.2) is 17.9 Å². The van der Waals surface area contributed by atoms with Crippen molar-refractivity contribution in [3.05, 3.63) is 58.9 Å². The minimum Gasteiger partial charge on any atom is -0.349 e. The maximum atomic E-state index is 13.0. The number of carbonyl (C=O) groups excluding carboxylic acids is 2. The van der Waals surface area contributed by atoms with E-state index in [1.165, 1.54) is 36.4 Å². The highest BCUT2D eigenvalue weighted by molar-refractivity contribution is 7.89. The Morgan fingerprint density at radius 1 is 1.12 bits per heavy atom. The van der Waals surface area contributed by atoms with Gasteiger partial charge in [-0.1, -0.05) is 0 Å². The lowest BCUT2D eigenvalue weighted by atomic mass is 10.0. The Hall–Kier alpha value is -2.82. The summed E-state index contributed by atoms with van der Waals surface area (Å²) in [6.07, 6.45) is 1.36. The molecule has 1 saturated heterocycles. The standard InChI is InChI=1S/C22H27FN4O4S/c1-14-11-19(32(24,30)31)12-20(15(14)2)26-21(28)13-27-9-7-18(8-10-27)25-22(29)16-3-5-17(23)6-4-16/h3-6,11-12,18H,7-10,13H2,1-2H3,(H,25,29)(H,26,28)(H2,24,30,31). The largest absolute Gasteiger partial charge is 0.349 e. The van der Waals surface area contributed by atoms with Crippen molar-refractivity contribution in [3.8, 4) is 0 Å². The molecule has 0 radical (unpaired) electrons. The molecule has 0 saturated carbocycles. The summed E-state index contributed by atoms with van der Waals surface area (Å²) in [4.78, 5) is 26.8. The predicted octanol–water partition coefficient (Wildman–Crippen LogP) is 1.92. The second-order valence-corrected chi connectivity index (χ2v) is 9.60. The number of hydrogen-bond donors (Lipinski definition) is 3. The van der Waals surface area contributed by atoms with Crippen LogP contribution in [0.25, 0.3) is 0 Å². The Morgan fingerprint density at radius 2 is 1.75 bits per heavy atom. The van der Waals surface area contributed by atoms with E-state index in [1.54, 1.807) is 13.8 Å². The number of nitrogens with two attached hydrogens (primary N) is 1. The molecule has 8 nitrogen and oxygen atoms in total. The number of likely N-dealkylation sites (tertiary alicyclic amines) is 1. The van der Waals surface area contributed by atoms with Crippen molar-refractivity contribution in [2.75, 3.05) is 25.0 Å². The smallest absolute Gasteiger partial charge is 0.251 e. The van der Waals surface area contributed by atoms with Gasteiger partial charge < -0.3 is 10.6 Å². The van der Waals surface area contributed by atoms with Crippen LogP contribution in [0, 0.1) is 19.7 Å². The minimum atomic E-state index is -3.88. The molecule has 1 aliphatic rings. The number of rotatable bonds is 6. The first-order valence-electron chi connectivity index (χ1n) is 10.3. The van der Waals surface area contributed by atoms with Crippen molar-refractivity contribution in [3.63, 3.8) is 0 Å². The van der Waals surface area contributed by atoms with Gasteiger partial charge in [-0.05, 0) is 74.2 Å². The molecule has 1 heterocycles. The summed E-state index contributed by atoms with van der Waals surface area (Å²) in [6.45, 7) is 4.95. The third-order valence-electron chi connectivity index (χ3n) is 5.64. The van der Waals surface area contributed by atoms with Crippen molar-refractivity contribution in [2.24, 2.45) is 5.14 Å². The van der Waals surface area contributed by atoms with E-state index in [0.29, 0.717) is 42.7 Å². The van der Waals surface area contributed by atoms with Crippen molar-refractivity contribution in [1.82, 2.24) is 10.2 Å². The van der Waals surface area contributed by atoms with Gasteiger partial charge in [0.25, 0.3) is 5.91 Å². The quantitative estimate of drug-likeness (QED) is 0.606. The average Bonchev–Trinajstić information content (AvgIpc) is 2.72. The molecule has 10 heteroatoms. The third-order valence-corrected chi connectivity index (χ3v) is 6.53. The molecule has 172 valence electrons. The van der Waals surface area contributed by atoms with Crippen LogP contribution >= 0.6 is 0 Å². The fraction of sp³-hybridized carbons (Fsp3) is 0.364. The molecule has 3 rings (SSSR count). The molecule has 1 fully saturated rings. The molecular formula is C22H27FN4O4S. The number of amides is 2. The number of nitrogens with one attached hydrogen (secondary N) is 2. The monoisotopic (exact) mass is 462 g/mol. The van der Waals surface area contributed by atoms with Crippen LogP contribution in [0.4, 0.5) is 10.1 Å². The number of carbonyl (C=O) groups is 2. The molecule has 0 aromatic heterocycles. The van der Waals surface area contributed by atoms with Crippen LogP contribution < -0.4 is 15.8 Å². The summed E-state index contributed by atoms with van der Waals surface area (Å²) in [5.41, 5.74) is 2.30. The van der Waals surface area contributed by atoms with Gasteiger partial charge in [-0.2, -0.15) is 0 Å². The normalized spacial score (nSPS) is 15.4. The van der Waals surface area contributed by atoms with E-state index < -0.39 is 15.8 Å². The maximum absolute atomic E-state index is 13.0. The van der Waals surface area contributed by atoms with Gasteiger partial charge in [0.05, 0.1) is 11.4 Å². The van der Waals surface area contributed by atoms with Gasteiger partial charge in [-0.3, -0.25) is 14.5 Å². The van der Waals surface area contributed by atoms with E-state index in [0.717, 1.165) is 5.56 Å². The van der Waals surface area contributed by atoms with Gasteiger partial charge >= 0.3 is 0 Å². The zero-order valence-electron chi connectivity index (χ0n) is 18.0. The average molecular weight is 463 g/mol. The number of nitrogens with zero attached hydrogens (tertiary/aromatic N) is 1. The number of aryl methyl sites for hydroxylation is 1. The summed E-state index contributed by atoms with van der Waals surface area (Å²) in [7, 11) is -3.88. The van der Waals surface area contributed by atoms with E-state index in [1.807, 2.05) is 4.90 Å². The second-order valence-electron chi connectivity index (χ2n) is 8.04. The molecule has 2 amide bonds. The third kappa shape index (κ3) is 6.12. The highest BCUT2D eigenvalue weighted by Gasteiger charge is 2.23. The molecule has 1 aliphatic heterocycles. The Morgan fingerprint density at radius 3 is 2.34 bits per heavy atom. The van der Waals surface area contributed by atoms with Gasteiger partial charge in [-0.15, -0.1) is 0 Å². The lowest BCUT2D eigenvalue weighted by Gasteiger charge is -2.32. The van der Waals surface area contributed by atoms with Crippen LogP contribution in [0.3, 0.4) is 0 Å². The lowest BCUT2D eigenvalue weighted by Crippen LogP contribution is -2.46. The van der Waals surface area contributed by atoms with Crippen molar-refractivity contribution >= 4 is 27.5 Å². The van der Waals surface area contributed by atoms with Crippen LogP contribution in [0.1, 0.15) is 34.3 Å². The molecule has 0 unspecified atom stereocenters. The molecule has 0 atom stereocenters. The predicted molar refractivity (Wildman–Crippen MR) is 119 cm³/mol. The van der Waals surface area contributed by atoms with Crippen molar-refractivity contribution in [2.45, 2.75) is 37.6 Å². The number of halogens is 1. The van der Waals surface area contributed by atoms with Crippen molar-refractivity contribution in [1.29, 1.82) is 0 Å². The number of hydrogen-bond acceptors (Lipinski definition) is 5. The Bertz CT molecular complexity index is 1110. The highest BCUT2D eigenvalue weighted by Crippen LogP contribution is 2.23. The zero-order chi connectivity index (χ0) is 23.5. The summed E-state index contributed by atoms with van der Waals surface area (Å²) in [5, 5.41) is 10.9. The topological polar surface area (TPSA) is 122 Å². The molecule has 32 heavy (non-hydrogen) atoms. The fourth-order valence-corrected chi connectivity index (χ4v) is 4.24. The highest BCUT2D eigenvalue weighted by atomic mass is 32.2. The van der Waals surface area contributed by atoms with Gasteiger partial charge in [0.1, 0.15) is 5.82 Å². The fourth-order valence-electron chi connectivity index (χ4n) is 3.62. The maximum Gasteiger partial charge on any atom is 0.251 e. The van der Waals surface area contributed by atoms with E-state index in [9.17, 15) is 22.4 Å². The molecule has 4 N–H and O–H groups in total. The minimum absolute atomic E-state index is 0.0248. The van der Waals surface area contributed by atoms with Crippen LogP contribution in [-0.2, 0) is 14.8 Å². The molecular weight excluding hydrogens is 435 g/mol. The van der Waals surface area contributed by atoms with Gasteiger partial charge in [0.2, 0.25) is 15.9 Å². The Kier molecular flexibility index (Phi) is 7.27. The number of anilines is 1. The van der Waals surface area contributed by atoms with E-state index in [4.69, 9.17) is 5.14 Å². The first-order valence-corrected chi connectivity index (χ1v) is 11.8. The second kappa shape index (κ2) is 9.76. The van der Waals surface area contributed by atoms with Gasteiger partial charge in [0.15, 0.2) is 0 Å². The summed E-state index contributed by atoms with van der Waals surface area (Å²) < 4.78 is 36.4. The summed E-state index contributed by atoms with van der Waals surface area (Å²) >= 11 is 0. The number of piperidine rings is 1. The van der Waals surface area contributed by atoms with E-state index in [-0.39, 0.29) is 29.3 Å². The number of benzene rings is 2. The molecule has 2 aromatic carbocycles. The van der Waals surface area contributed by atoms with E-state index >= 15 is 0 Å². The summed E-state index contributed by atoms with van der Waals surface area (Å²) in [5.74, 6) is -0.899. The first kappa shape index (κ1) is 23.8. The van der Waals surface area contributed by atoms with Crippen LogP contribution in [0.5, 0.6) is 0 Å². The Labute approximate surface area is 187 Å². The van der Waals surface area contributed by atoms with E-state index in [2.05, 4.69) is 10.6 Å². The Balaban J connectivity index is 1.52. The first-order chi connectivity index (χ1) is 15.0. The van der Waals surface area contributed by atoms with Crippen molar-refractivity contribution < 1.29 is 22.4 Å². The SMILES string of the molecule is Cc1cc(S(N)(=O)=O)cc(NC(=O)CN2CCC(NC(=O)c3ccc(F)cc3)CC2)c1C. The zero-order valence-corrected chi connectivity index (χ0v) is 18.8. The van der Waals surface area contributed by atoms with Crippen LogP contribution in [0.2, 0.25) is 0 Å². The van der Waals surface area contributed by atoms with Crippen LogP contribution in [0.15, 0.2) is 41.3 Å². The molecule has 0 bridgehead atoms. The number of primary sulfonamides is 1. The number of sulfonamides is 1. The summed E-state index contributed by atoms with van der Waals surface area (Å²) in [6, 6.07) is 8.20.